The topological polar surface area (TPSA) is 73.2 Å². The summed E-state index contributed by atoms with van der Waals surface area (Å²) in [6, 6.07) is 10.9. The van der Waals surface area contributed by atoms with Crippen LogP contribution in [0.5, 0.6) is 0 Å². The molecule has 6 nitrogen and oxygen atoms in total. The lowest BCUT2D eigenvalue weighted by Crippen LogP contribution is -2.28. The predicted molar refractivity (Wildman–Crippen MR) is 113 cm³/mol. The maximum absolute atomic E-state index is 13.6. The lowest BCUT2D eigenvalue weighted by atomic mass is 10.2. The number of ether oxygens (including phenoxy) is 1. The molecule has 0 aliphatic carbocycles. The second-order valence-corrected chi connectivity index (χ2v) is 7.49. The van der Waals surface area contributed by atoms with Crippen molar-refractivity contribution < 1.29 is 13.9 Å². The number of benzene rings is 2. The molecule has 0 bridgehead atoms. The first-order valence-electron chi connectivity index (χ1n) is 8.87. The number of carbonyl (C=O) groups is 1. The molecule has 1 aromatic heterocycles. The van der Waals surface area contributed by atoms with Crippen molar-refractivity contribution in [2.75, 3.05) is 26.0 Å². The Bertz CT molecular complexity index is 1090. The molecule has 0 atom stereocenters. The lowest BCUT2D eigenvalue weighted by Gasteiger charge is -2.13. The monoisotopic (exact) mass is 435 g/mol. The predicted octanol–water partition coefficient (Wildman–Crippen LogP) is 3.42. The molecule has 1 N–H and O–H groups in total. The molecule has 0 radical (unpaired) electrons. The summed E-state index contributed by atoms with van der Waals surface area (Å²) in [4.78, 5) is 29.7. The number of halogens is 2. The third-order valence-corrected chi connectivity index (χ3v) is 5.31. The molecule has 0 spiro atoms. The van der Waals surface area contributed by atoms with Crippen LogP contribution in [0.3, 0.4) is 0 Å². The first-order chi connectivity index (χ1) is 14.0. The van der Waals surface area contributed by atoms with Crippen molar-refractivity contribution in [1.29, 1.82) is 0 Å². The van der Waals surface area contributed by atoms with Gasteiger partial charge in [-0.1, -0.05) is 35.5 Å². The number of carbonyl (C=O) groups excluding carboxylic acids is 1. The van der Waals surface area contributed by atoms with Gasteiger partial charge in [-0.3, -0.25) is 14.2 Å². The largest absolute Gasteiger partial charge is 0.385 e. The third-order valence-electron chi connectivity index (χ3n) is 4.09. The number of rotatable bonds is 8. The summed E-state index contributed by atoms with van der Waals surface area (Å²) in [5, 5.41) is 3.43. The van der Waals surface area contributed by atoms with Crippen LogP contribution in [-0.4, -0.2) is 41.5 Å². The number of hydrogen-bond acceptors (Lipinski definition) is 5. The molecule has 0 aliphatic rings. The van der Waals surface area contributed by atoms with Gasteiger partial charge in [0.1, 0.15) is 5.82 Å². The minimum atomic E-state index is -0.582. The van der Waals surface area contributed by atoms with E-state index in [9.17, 15) is 14.0 Å². The summed E-state index contributed by atoms with van der Waals surface area (Å²) in [7, 11) is 1.60. The van der Waals surface area contributed by atoms with Gasteiger partial charge >= 0.3 is 0 Å². The van der Waals surface area contributed by atoms with E-state index in [-0.39, 0.29) is 22.2 Å². The fraction of sp³-hybridized carbons (Fsp3) is 0.250. The van der Waals surface area contributed by atoms with E-state index in [4.69, 9.17) is 16.3 Å². The van der Waals surface area contributed by atoms with Crippen molar-refractivity contribution in [3.8, 4) is 5.69 Å². The van der Waals surface area contributed by atoms with Crippen molar-refractivity contribution in [3.05, 3.63) is 63.7 Å². The zero-order chi connectivity index (χ0) is 20.8. The minimum absolute atomic E-state index is 0.0761. The highest BCUT2D eigenvalue weighted by Crippen LogP contribution is 2.24. The fourth-order valence-electron chi connectivity index (χ4n) is 2.69. The highest BCUT2D eigenvalue weighted by molar-refractivity contribution is 7.99. The number of methoxy groups -OCH3 is 1. The Balaban J connectivity index is 1.93. The summed E-state index contributed by atoms with van der Waals surface area (Å²) in [5.41, 5.74) is 0.578. The molecule has 9 heteroatoms. The maximum atomic E-state index is 13.6. The zero-order valence-corrected chi connectivity index (χ0v) is 17.2. The normalized spacial score (nSPS) is 11.0. The van der Waals surface area contributed by atoms with E-state index in [2.05, 4.69) is 10.3 Å². The van der Waals surface area contributed by atoms with Crippen LogP contribution in [0.2, 0.25) is 5.02 Å². The van der Waals surface area contributed by atoms with Crippen LogP contribution in [0.15, 0.2) is 52.4 Å². The molecular weight excluding hydrogens is 417 g/mol. The van der Waals surface area contributed by atoms with Crippen molar-refractivity contribution in [2.45, 2.75) is 11.6 Å². The number of nitrogens with one attached hydrogen (secondary N) is 1. The van der Waals surface area contributed by atoms with Crippen LogP contribution < -0.4 is 10.9 Å². The number of hydrogen-bond donors (Lipinski definition) is 1. The molecule has 152 valence electrons. The van der Waals surface area contributed by atoms with Gasteiger partial charge in [-0.05, 0) is 36.8 Å². The molecule has 1 amide bonds. The van der Waals surface area contributed by atoms with Gasteiger partial charge in [0.15, 0.2) is 5.16 Å². The number of aromatic nitrogens is 2. The Morgan fingerprint density at radius 3 is 2.86 bits per heavy atom. The SMILES string of the molecule is COCCCNC(=O)CSc1nc2ccccc2c(=O)n1-c1ccc(F)c(Cl)c1. The molecule has 0 saturated heterocycles. The van der Waals surface area contributed by atoms with Gasteiger partial charge in [-0.15, -0.1) is 0 Å². The van der Waals surface area contributed by atoms with Crippen molar-refractivity contribution >= 4 is 40.2 Å². The standard InChI is InChI=1S/C20H19ClFN3O3S/c1-28-10-4-9-23-18(26)12-29-20-24-17-6-3-2-5-14(17)19(27)25(20)13-7-8-16(22)15(21)11-13/h2-3,5-8,11H,4,9-10,12H2,1H3,(H,23,26). The van der Waals surface area contributed by atoms with E-state index in [0.29, 0.717) is 41.3 Å². The molecular formula is C20H19ClFN3O3S. The molecule has 0 fully saturated rings. The van der Waals surface area contributed by atoms with Crippen LogP contribution in [0.4, 0.5) is 4.39 Å². The van der Waals surface area contributed by atoms with Gasteiger partial charge in [-0.25, -0.2) is 9.37 Å². The van der Waals surface area contributed by atoms with Crippen molar-refractivity contribution in [1.82, 2.24) is 14.9 Å². The molecule has 0 saturated carbocycles. The van der Waals surface area contributed by atoms with Crippen LogP contribution in [0.25, 0.3) is 16.6 Å². The van der Waals surface area contributed by atoms with E-state index < -0.39 is 5.82 Å². The van der Waals surface area contributed by atoms with Gasteiger partial charge in [-0.2, -0.15) is 0 Å². The average Bonchev–Trinajstić information content (AvgIpc) is 2.72. The number of fused-ring (bicyclic) bond motifs is 1. The molecule has 29 heavy (non-hydrogen) atoms. The molecule has 1 heterocycles. The summed E-state index contributed by atoms with van der Waals surface area (Å²) in [6.45, 7) is 1.06. The summed E-state index contributed by atoms with van der Waals surface area (Å²) in [6.07, 6.45) is 0.708. The van der Waals surface area contributed by atoms with E-state index in [0.717, 1.165) is 11.8 Å². The van der Waals surface area contributed by atoms with Crippen LogP contribution in [0.1, 0.15) is 6.42 Å². The smallest absolute Gasteiger partial charge is 0.266 e. The summed E-state index contributed by atoms with van der Waals surface area (Å²) >= 11 is 7.03. The van der Waals surface area contributed by atoms with Gasteiger partial charge in [0, 0.05) is 20.3 Å². The number of amides is 1. The van der Waals surface area contributed by atoms with Crippen molar-refractivity contribution in [3.63, 3.8) is 0 Å². The van der Waals surface area contributed by atoms with Gasteiger partial charge in [0.05, 0.1) is 27.4 Å². The number of nitrogens with zero attached hydrogens (tertiary/aromatic N) is 2. The Kier molecular flexibility index (Phi) is 7.24. The third kappa shape index (κ3) is 5.14. The highest BCUT2D eigenvalue weighted by atomic mass is 35.5. The maximum Gasteiger partial charge on any atom is 0.266 e. The average molecular weight is 436 g/mol. The zero-order valence-electron chi connectivity index (χ0n) is 15.7. The van der Waals surface area contributed by atoms with E-state index >= 15 is 0 Å². The van der Waals surface area contributed by atoms with Gasteiger partial charge < -0.3 is 10.1 Å². The molecule has 0 unspecified atom stereocenters. The second-order valence-electron chi connectivity index (χ2n) is 6.14. The van der Waals surface area contributed by atoms with E-state index in [1.54, 1.807) is 31.4 Å². The van der Waals surface area contributed by atoms with Gasteiger partial charge in [0.2, 0.25) is 5.91 Å². The van der Waals surface area contributed by atoms with Crippen LogP contribution in [-0.2, 0) is 9.53 Å². The molecule has 2 aromatic carbocycles. The summed E-state index contributed by atoms with van der Waals surface area (Å²) < 4.78 is 19.9. The Labute approximate surface area is 176 Å². The Hall–Kier alpha value is -2.42. The first kappa shape index (κ1) is 21.3. The second kappa shape index (κ2) is 9.87. The number of para-hydroxylation sites is 1. The molecule has 3 rings (SSSR count). The van der Waals surface area contributed by atoms with Gasteiger partial charge in [0.25, 0.3) is 5.56 Å². The molecule has 3 aromatic rings. The lowest BCUT2D eigenvalue weighted by molar-refractivity contribution is -0.118. The van der Waals surface area contributed by atoms with Crippen molar-refractivity contribution in [2.24, 2.45) is 0 Å². The van der Waals surface area contributed by atoms with Crippen LogP contribution in [0, 0.1) is 5.82 Å². The highest BCUT2D eigenvalue weighted by Gasteiger charge is 2.15. The molecule has 0 aliphatic heterocycles. The van der Waals surface area contributed by atoms with E-state index in [1.165, 1.54) is 22.8 Å². The number of thioether (sulfide) groups is 1. The van der Waals surface area contributed by atoms with Crippen LogP contribution >= 0.6 is 23.4 Å². The Morgan fingerprint density at radius 1 is 1.31 bits per heavy atom. The fourth-order valence-corrected chi connectivity index (χ4v) is 3.70. The quantitative estimate of drug-likeness (QED) is 0.333. The summed E-state index contributed by atoms with van der Waals surface area (Å²) in [5.74, 6) is -0.689. The minimum Gasteiger partial charge on any atom is -0.385 e. The van der Waals surface area contributed by atoms with E-state index in [1.807, 2.05) is 0 Å². The first-order valence-corrected chi connectivity index (χ1v) is 10.2. The Morgan fingerprint density at radius 2 is 2.10 bits per heavy atom.